The number of nitrogens with zero attached hydrogens (tertiary/aromatic N) is 3. The van der Waals surface area contributed by atoms with E-state index in [0.29, 0.717) is 11.9 Å². The summed E-state index contributed by atoms with van der Waals surface area (Å²) in [5, 5.41) is 3.60. The van der Waals surface area contributed by atoms with Crippen molar-refractivity contribution in [1.29, 1.82) is 0 Å². The van der Waals surface area contributed by atoms with Gasteiger partial charge >= 0.3 is 0 Å². The highest BCUT2D eigenvalue weighted by atomic mass is 15.3. The summed E-state index contributed by atoms with van der Waals surface area (Å²) in [6, 6.07) is 0.481. The van der Waals surface area contributed by atoms with Crippen LogP contribution >= 0.6 is 0 Å². The van der Waals surface area contributed by atoms with Gasteiger partial charge in [0.2, 0.25) is 0 Å². The van der Waals surface area contributed by atoms with Crippen LogP contribution < -0.4 is 16.6 Å². The van der Waals surface area contributed by atoms with E-state index in [-0.39, 0.29) is 0 Å². The summed E-state index contributed by atoms with van der Waals surface area (Å²) in [6.07, 6.45) is 11.9. The Kier molecular flexibility index (Phi) is 3.73. The Bertz CT molecular complexity index is 578. The SMILES string of the molecule is CCC1CCCCC1Nc1nc(NN)cn2ccnc12. The standard InChI is InChI=1S/C14H22N6/c1-2-10-5-3-4-6-11(10)17-13-14-16-7-8-20(14)9-12(18-13)19-15/h7-11,19H,2-6,15H2,1H3,(H,17,18). The molecule has 2 unspecified atom stereocenters. The van der Waals surface area contributed by atoms with E-state index in [1.54, 1.807) is 6.20 Å². The van der Waals surface area contributed by atoms with Gasteiger partial charge in [-0.2, -0.15) is 0 Å². The second kappa shape index (κ2) is 5.66. The number of nitrogen functional groups attached to an aromatic ring is 1. The second-order valence-corrected chi connectivity index (χ2v) is 5.48. The summed E-state index contributed by atoms with van der Waals surface area (Å²) in [5.74, 6) is 7.66. The fourth-order valence-corrected chi connectivity index (χ4v) is 3.16. The summed E-state index contributed by atoms with van der Waals surface area (Å²) in [6.45, 7) is 2.26. The zero-order valence-corrected chi connectivity index (χ0v) is 11.8. The van der Waals surface area contributed by atoms with Crippen LogP contribution in [0.25, 0.3) is 5.65 Å². The molecule has 6 nitrogen and oxygen atoms in total. The number of aromatic nitrogens is 3. The summed E-state index contributed by atoms with van der Waals surface area (Å²) < 4.78 is 1.94. The molecular formula is C14H22N6. The van der Waals surface area contributed by atoms with Gasteiger partial charge in [-0.05, 0) is 18.8 Å². The minimum Gasteiger partial charge on any atom is -0.364 e. The second-order valence-electron chi connectivity index (χ2n) is 5.48. The van der Waals surface area contributed by atoms with Crippen molar-refractivity contribution in [3.63, 3.8) is 0 Å². The van der Waals surface area contributed by atoms with Crippen LogP contribution in [0.4, 0.5) is 11.6 Å². The molecule has 0 bridgehead atoms. The maximum absolute atomic E-state index is 5.49. The van der Waals surface area contributed by atoms with Gasteiger partial charge in [0.1, 0.15) is 0 Å². The Balaban J connectivity index is 1.90. The van der Waals surface area contributed by atoms with Gasteiger partial charge in [-0.1, -0.05) is 26.2 Å². The first-order valence-electron chi connectivity index (χ1n) is 7.38. The Morgan fingerprint density at radius 1 is 1.40 bits per heavy atom. The normalized spacial score (nSPS) is 22.9. The number of rotatable bonds is 4. The van der Waals surface area contributed by atoms with E-state index in [2.05, 4.69) is 27.6 Å². The third kappa shape index (κ3) is 2.43. The van der Waals surface area contributed by atoms with E-state index in [0.717, 1.165) is 17.4 Å². The lowest BCUT2D eigenvalue weighted by molar-refractivity contribution is 0.317. The van der Waals surface area contributed by atoms with E-state index in [4.69, 9.17) is 5.84 Å². The predicted molar refractivity (Wildman–Crippen MR) is 80.5 cm³/mol. The van der Waals surface area contributed by atoms with E-state index in [1.165, 1.54) is 32.1 Å². The van der Waals surface area contributed by atoms with E-state index in [1.807, 2.05) is 16.8 Å². The van der Waals surface area contributed by atoms with Crippen molar-refractivity contribution in [2.45, 2.75) is 45.1 Å². The molecule has 2 aromatic heterocycles. The first-order valence-corrected chi connectivity index (χ1v) is 7.38. The summed E-state index contributed by atoms with van der Waals surface area (Å²) in [5.41, 5.74) is 3.46. The lowest BCUT2D eigenvalue weighted by atomic mass is 9.83. The average molecular weight is 274 g/mol. The van der Waals surface area contributed by atoms with Crippen LogP contribution in [0, 0.1) is 5.92 Å². The average Bonchev–Trinajstić information content (AvgIpc) is 2.96. The summed E-state index contributed by atoms with van der Waals surface area (Å²) >= 11 is 0. The maximum Gasteiger partial charge on any atom is 0.180 e. The van der Waals surface area contributed by atoms with Gasteiger partial charge in [0.05, 0.1) is 6.20 Å². The molecule has 108 valence electrons. The highest BCUT2D eigenvalue weighted by Gasteiger charge is 2.24. The molecule has 2 atom stereocenters. The Labute approximate surface area is 118 Å². The van der Waals surface area contributed by atoms with Crippen molar-refractivity contribution < 1.29 is 0 Å². The fraction of sp³-hybridized carbons (Fsp3) is 0.571. The van der Waals surface area contributed by atoms with Gasteiger partial charge in [0.25, 0.3) is 0 Å². The molecule has 0 amide bonds. The molecule has 0 aliphatic heterocycles. The van der Waals surface area contributed by atoms with Crippen LogP contribution in [0.2, 0.25) is 0 Å². The van der Waals surface area contributed by atoms with Gasteiger partial charge in [-0.25, -0.2) is 15.8 Å². The van der Waals surface area contributed by atoms with Crippen molar-refractivity contribution in [2.75, 3.05) is 10.7 Å². The monoisotopic (exact) mass is 274 g/mol. The molecular weight excluding hydrogens is 252 g/mol. The molecule has 4 N–H and O–H groups in total. The van der Waals surface area contributed by atoms with Crippen LogP contribution in [0.15, 0.2) is 18.6 Å². The molecule has 2 aromatic rings. The van der Waals surface area contributed by atoms with Crippen molar-refractivity contribution in [3.8, 4) is 0 Å². The van der Waals surface area contributed by atoms with Crippen LogP contribution in [-0.4, -0.2) is 20.4 Å². The zero-order valence-electron chi connectivity index (χ0n) is 11.8. The smallest absolute Gasteiger partial charge is 0.180 e. The predicted octanol–water partition coefficient (Wildman–Crippen LogP) is 2.40. The van der Waals surface area contributed by atoms with Crippen LogP contribution in [0.1, 0.15) is 39.0 Å². The number of hydrazine groups is 1. The van der Waals surface area contributed by atoms with Crippen molar-refractivity contribution in [2.24, 2.45) is 11.8 Å². The number of fused-ring (bicyclic) bond motifs is 1. The van der Waals surface area contributed by atoms with E-state index >= 15 is 0 Å². The highest BCUT2D eigenvalue weighted by Crippen LogP contribution is 2.30. The third-order valence-electron chi connectivity index (χ3n) is 4.28. The lowest BCUT2D eigenvalue weighted by Crippen LogP contribution is -2.32. The van der Waals surface area contributed by atoms with Crippen molar-refractivity contribution >= 4 is 17.3 Å². The Hall–Kier alpha value is -1.82. The van der Waals surface area contributed by atoms with Crippen molar-refractivity contribution in [3.05, 3.63) is 18.6 Å². The molecule has 0 radical (unpaired) electrons. The number of anilines is 2. The molecule has 0 saturated heterocycles. The van der Waals surface area contributed by atoms with Crippen LogP contribution in [0.3, 0.4) is 0 Å². The molecule has 1 saturated carbocycles. The highest BCUT2D eigenvalue weighted by molar-refractivity contribution is 5.65. The largest absolute Gasteiger partial charge is 0.364 e. The molecule has 6 heteroatoms. The minimum absolute atomic E-state index is 0.481. The molecule has 1 aliphatic carbocycles. The molecule has 1 aliphatic rings. The Morgan fingerprint density at radius 2 is 2.25 bits per heavy atom. The molecule has 3 rings (SSSR count). The molecule has 1 fully saturated rings. The topological polar surface area (TPSA) is 80.3 Å². The van der Waals surface area contributed by atoms with Crippen LogP contribution in [-0.2, 0) is 0 Å². The van der Waals surface area contributed by atoms with E-state index < -0.39 is 0 Å². The number of hydrogen-bond acceptors (Lipinski definition) is 5. The van der Waals surface area contributed by atoms with Gasteiger partial charge in [-0.3, -0.25) is 0 Å². The number of nitrogens with one attached hydrogen (secondary N) is 2. The molecule has 2 heterocycles. The fourth-order valence-electron chi connectivity index (χ4n) is 3.16. The first-order chi connectivity index (χ1) is 9.81. The van der Waals surface area contributed by atoms with E-state index in [9.17, 15) is 0 Å². The molecule has 20 heavy (non-hydrogen) atoms. The summed E-state index contributed by atoms with van der Waals surface area (Å²) in [4.78, 5) is 8.90. The van der Waals surface area contributed by atoms with Crippen molar-refractivity contribution in [1.82, 2.24) is 14.4 Å². The van der Waals surface area contributed by atoms with Gasteiger partial charge in [-0.15, -0.1) is 0 Å². The number of hydrogen-bond donors (Lipinski definition) is 3. The zero-order chi connectivity index (χ0) is 13.9. The third-order valence-corrected chi connectivity index (χ3v) is 4.28. The quantitative estimate of drug-likeness (QED) is 0.589. The van der Waals surface area contributed by atoms with Crippen LogP contribution in [0.5, 0.6) is 0 Å². The van der Waals surface area contributed by atoms with Gasteiger partial charge in [0.15, 0.2) is 17.3 Å². The number of imidazole rings is 1. The minimum atomic E-state index is 0.481. The number of nitrogens with two attached hydrogens (primary N) is 1. The maximum atomic E-state index is 5.49. The molecule has 0 spiro atoms. The molecule has 0 aromatic carbocycles. The van der Waals surface area contributed by atoms with Gasteiger partial charge in [0, 0.05) is 18.4 Å². The first kappa shape index (κ1) is 13.2. The lowest BCUT2D eigenvalue weighted by Gasteiger charge is -2.32. The van der Waals surface area contributed by atoms with Gasteiger partial charge < -0.3 is 15.1 Å². The Morgan fingerprint density at radius 3 is 3.05 bits per heavy atom. The summed E-state index contributed by atoms with van der Waals surface area (Å²) in [7, 11) is 0.